The van der Waals surface area contributed by atoms with E-state index in [4.69, 9.17) is 21.4 Å². The van der Waals surface area contributed by atoms with Crippen molar-refractivity contribution in [3.63, 3.8) is 0 Å². The van der Waals surface area contributed by atoms with Gasteiger partial charge in [0.15, 0.2) is 11.5 Å². The van der Waals surface area contributed by atoms with Gasteiger partial charge in [0, 0.05) is 6.20 Å². The van der Waals surface area contributed by atoms with Crippen LogP contribution in [0.3, 0.4) is 0 Å². The minimum absolute atomic E-state index is 0.0587. The molecule has 0 saturated carbocycles. The summed E-state index contributed by atoms with van der Waals surface area (Å²) >= 11 is 6.06. The van der Waals surface area contributed by atoms with E-state index < -0.39 is 5.97 Å². The van der Waals surface area contributed by atoms with Crippen molar-refractivity contribution in [2.45, 2.75) is 0 Å². The molecule has 6 nitrogen and oxygen atoms in total. The Kier molecular flexibility index (Phi) is 3.23. The number of pyridine rings is 1. The van der Waals surface area contributed by atoms with E-state index in [0.29, 0.717) is 22.8 Å². The summed E-state index contributed by atoms with van der Waals surface area (Å²) in [5.41, 5.74) is 1.15. The first-order valence-corrected chi connectivity index (χ1v) is 6.40. The molecule has 1 N–H and O–H groups in total. The highest BCUT2D eigenvalue weighted by Crippen LogP contribution is 2.30. The van der Waals surface area contributed by atoms with E-state index in [2.05, 4.69) is 10.2 Å². The van der Waals surface area contributed by atoms with Crippen LogP contribution in [0.4, 0.5) is 0 Å². The van der Waals surface area contributed by atoms with Crippen LogP contribution in [-0.4, -0.2) is 32.8 Å². The monoisotopic (exact) mass is 303 g/mol. The van der Waals surface area contributed by atoms with Crippen LogP contribution in [0.5, 0.6) is 5.75 Å². The lowest BCUT2D eigenvalue weighted by Gasteiger charge is -2.07. The smallest absolute Gasteiger partial charge is 0.337 e. The molecule has 3 rings (SSSR count). The van der Waals surface area contributed by atoms with Gasteiger partial charge in [-0.2, -0.15) is 0 Å². The lowest BCUT2D eigenvalue weighted by Crippen LogP contribution is -2.01. The van der Waals surface area contributed by atoms with E-state index in [9.17, 15) is 4.79 Å². The maximum atomic E-state index is 11.2. The third-order valence-corrected chi connectivity index (χ3v) is 3.33. The number of aromatic nitrogens is 3. The first-order valence-electron chi connectivity index (χ1n) is 6.03. The fourth-order valence-electron chi connectivity index (χ4n) is 2.08. The normalized spacial score (nSPS) is 10.8. The molecule has 0 fully saturated rings. The van der Waals surface area contributed by atoms with E-state index in [1.165, 1.54) is 12.3 Å². The summed E-state index contributed by atoms with van der Waals surface area (Å²) in [5, 5.41) is 17.5. The third kappa shape index (κ3) is 2.19. The Balaban J connectivity index is 2.31. The molecule has 2 heterocycles. The lowest BCUT2D eigenvalue weighted by molar-refractivity contribution is 0.0696. The fourth-order valence-corrected chi connectivity index (χ4v) is 2.33. The molecule has 0 amide bonds. The van der Waals surface area contributed by atoms with Gasteiger partial charge in [-0.25, -0.2) is 4.79 Å². The van der Waals surface area contributed by atoms with Crippen molar-refractivity contribution in [3.8, 4) is 17.1 Å². The number of benzene rings is 1. The Labute approximate surface area is 124 Å². The molecule has 0 saturated heterocycles. The Morgan fingerprint density at radius 1 is 1.33 bits per heavy atom. The molecule has 0 aliphatic heterocycles. The van der Waals surface area contributed by atoms with Gasteiger partial charge in [0.1, 0.15) is 5.75 Å². The number of nitrogens with zero attached hydrogens (tertiary/aromatic N) is 3. The van der Waals surface area contributed by atoms with Gasteiger partial charge < -0.3 is 9.84 Å². The average molecular weight is 304 g/mol. The number of carboxylic acids is 1. The minimum atomic E-state index is -1.07. The van der Waals surface area contributed by atoms with E-state index >= 15 is 0 Å². The summed E-state index contributed by atoms with van der Waals surface area (Å²) in [6.07, 6.45) is 1.44. The van der Waals surface area contributed by atoms with Crippen LogP contribution in [0.25, 0.3) is 17.0 Å². The van der Waals surface area contributed by atoms with Gasteiger partial charge in [0.2, 0.25) is 0 Å². The van der Waals surface area contributed by atoms with Crippen molar-refractivity contribution < 1.29 is 14.6 Å². The van der Waals surface area contributed by atoms with Crippen molar-refractivity contribution in [2.24, 2.45) is 0 Å². The number of rotatable bonds is 3. The number of para-hydroxylation sites is 1. The first-order chi connectivity index (χ1) is 10.1. The topological polar surface area (TPSA) is 76.7 Å². The van der Waals surface area contributed by atoms with Gasteiger partial charge in [0.05, 0.1) is 23.3 Å². The van der Waals surface area contributed by atoms with Crippen molar-refractivity contribution in [1.82, 2.24) is 14.6 Å². The number of ether oxygens (including phenoxy) is 1. The number of fused-ring (bicyclic) bond motifs is 1. The minimum Gasteiger partial charge on any atom is -0.496 e. The summed E-state index contributed by atoms with van der Waals surface area (Å²) in [4.78, 5) is 11.2. The SMILES string of the molecule is COc1ccccc1-c1nnc2c(Cl)cc(C(=O)O)cn12. The van der Waals surface area contributed by atoms with Crippen LogP contribution >= 0.6 is 11.6 Å². The fraction of sp³-hybridized carbons (Fsp3) is 0.0714. The van der Waals surface area contributed by atoms with E-state index in [-0.39, 0.29) is 10.6 Å². The molecular weight excluding hydrogens is 294 g/mol. The lowest BCUT2D eigenvalue weighted by atomic mass is 10.2. The van der Waals surface area contributed by atoms with Gasteiger partial charge in [-0.15, -0.1) is 10.2 Å². The van der Waals surface area contributed by atoms with Crippen LogP contribution in [0.1, 0.15) is 10.4 Å². The molecule has 0 aliphatic rings. The van der Waals surface area contributed by atoms with Crippen LogP contribution < -0.4 is 4.74 Å². The summed E-state index contributed by atoms with van der Waals surface area (Å²) in [6.45, 7) is 0. The number of carbonyl (C=O) groups is 1. The highest BCUT2D eigenvalue weighted by atomic mass is 35.5. The summed E-state index contributed by atoms with van der Waals surface area (Å²) in [6, 6.07) is 8.62. The maximum absolute atomic E-state index is 11.2. The molecule has 0 radical (unpaired) electrons. The molecule has 1 aromatic carbocycles. The van der Waals surface area contributed by atoms with Crippen molar-refractivity contribution >= 4 is 23.2 Å². The summed E-state index contributed by atoms with van der Waals surface area (Å²) in [5.74, 6) is 0.00887. The van der Waals surface area contributed by atoms with Crippen LogP contribution in [0, 0.1) is 0 Å². The van der Waals surface area contributed by atoms with Gasteiger partial charge in [-0.3, -0.25) is 4.40 Å². The molecule has 0 unspecified atom stereocenters. The van der Waals surface area contributed by atoms with Crippen molar-refractivity contribution in [1.29, 1.82) is 0 Å². The van der Waals surface area contributed by atoms with E-state index in [1.807, 2.05) is 18.2 Å². The molecule has 2 aromatic heterocycles. The molecule has 0 spiro atoms. The predicted molar refractivity (Wildman–Crippen MR) is 76.9 cm³/mol. The Hall–Kier alpha value is -2.60. The Morgan fingerprint density at radius 2 is 2.10 bits per heavy atom. The van der Waals surface area contributed by atoms with Crippen LogP contribution in [0.2, 0.25) is 5.02 Å². The molecule has 0 bridgehead atoms. The number of carboxylic acid groups (broad SMARTS) is 1. The van der Waals surface area contributed by atoms with Crippen LogP contribution in [0.15, 0.2) is 36.5 Å². The molecule has 0 aliphatic carbocycles. The molecule has 7 heteroatoms. The standard InChI is InChI=1S/C14H10ClN3O3/c1-21-11-5-3-2-4-9(11)12-16-17-13-10(15)6-8(14(19)20)7-18(12)13/h2-7H,1H3,(H,19,20). The second-order valence-corrected chi connectivity index (χ2v) is 4.71. The molecule has 21 heavy (non-hydrogen) atoms. The van der Waals surface area contributed by atoms with Gasteiger partial charge in [-0.05, 0) is 18.2 Å². The van der Waals surface area contributed by atoms with Crippen molar-refractivity contribution in [3.05, 3.63) is 47.1 Å². The van der Waals surface area contributed by atoms with E-state index in [0.717, 1.165) is 0 Å². The largest absolute Gasteiger partial charge is 0.496 e. The Morgan fingerprint density at radius 3 is 2.81 bits per heavy atom. The molecule has 106 valence electrons. The van der Waals surface area contributed by atoms with Gasteiger partial charge >= 0.3 is 5.97 Å². The number of halogens is 1. The molecule has 3 aromatic rings. The average Bonchev–Trinajstić information content (AvgIpc) is 2.91. The molecular formula is C14H10ClN3O3. The predicted octanol–water partition coefficient (Wildman–Crippen LogP) is 2.76. The quantitative estimate of drug-likeness (QED) is 0.805. The number of hydrogen-bond donors (Lipinski definition) is 1. The highest BCUT2D eigenvalue weighted by molar-refractivity contribution is 6.33. The maximum Gasteiger partial charge on any atom is 0.337 e. The highest BCUT2D eigenvalue weighted by Gasteiger charge is 2.16. The second-order valence-electron chi connectivity index (χ2n) is 4.30. The summed E-state index contributed by atoms with van der Waals surface area (Å²) < 4.78 is 6.84. The number of aromatic carboxylic acids is 1. The van der Waals surface area contributed by atoms with Crippen LogP contribution in [-0.2, 0) is 0 Å². The van der Waals surface area contributed by atoms with Gasteiger partial charge in [-0.1, -0.05) is 23.7 Å². The second kappa shape index (κ2) is 5.06. The molecule has 0 atom stereocenters. The first kappa shape index (κ1) is 13.4. The number of hydrogen-bond acceptors (Lipinski definition) is 4. The van der Waals surface area contributed by atoms with E-state index in [1.54, 1.807) is 17.6 Å². The zero-order valence-electron chi connectivity index (χ0n) is 10.9. The summed E-state index contributed by atoms with van der Waals surface area (Å²) in [7, 11) is 1.55. The zero-order chi connectivity index (χ0) is 15.0. The number of methoxy groups -OCH3 is 1. The Bertz CT molecular complexity index is 845. The zero-order valence-corrected chi connectivity index (χ0v) is 11.7. The van der Waals surface area contributed by atoms with Crippen molar-refractivity contribution in [2.75, 3.05) is 7.11 Å². The van der Waals surface area contributed by atoms with Gasteiger partial charge in [0.25, 0.3) is 0 Å². The third-order valence-electron chi connectivity index (χ3n) is 3.05.